The van der Waals surface area contributed by atoms with Gasteiger partial charge in [0.1, 0.15) is 5.75 Å². The van der Waals surface area contributed by atoms with Gasteiger partial charge in [-0.25, -0.2) is 0 Å². The Morgan fingerprint density at radius 2 is 1.81 bits per heavy atom. The van der Waals surface area contributed by atoms with Crippen LogP contribution >= 0.6 is 11.6 Å². The van der Waals surface area contributed by atoms with Crippen LogP contribution < -0.4 is 15.0 Å². The zero-order chi connectivity index (χ0) is 27.3. The van der Waals surface area contributed by atoms with Crippen LogP contribution in [0, 0.1) is 11.3 Å². The van der Waals surface area contributed by atoms with Gasteiger partial charge in [0.25, 0.3) is 0 Å². The van der Waals surface area contributed by atoms with E-state index in [1.165, 1.54) is 18.9 Å². The molecule has 1 N–H and O–H groups in total. The van der Waals surface area contributed by atoms with E-state index in [-0.39, 0.29) is 17.1 Å². The Morgan fingerprint density at radius 1 is 1.14 bits per heavy atom. The van der Waals surface area contributed by atoms with Crippen molar-refractivity contribution in [1.29, 1.82) is 0 Å². The molecule has 0 aromatic heterocycles. The lowest BCUT2D eigenvalue weighted by Gasteiger charge is -2.36. The number of carbonyl (C=O) groups is 2. The molecule has 0 aliphatic carbocycles. The van der Waals surface area contributed by atoms with E-state index >= 15 is 0 Å². The van der Waals surface area contributed by atoms with Crippen LogP contribution in [0.25, 0.3) is 0 Å². The maximum absolute atomic E-state index is 12.2. The van der Waals surface area contributed by atoms with Gasteiger partial charge in [0.05, 0.1) is 23.9 Å². The van der Waals surface area contributed by atoms with Crippen molar-refractivity contribution < 1.29 is 14.3 Å². The highest BCUT2D eigenvalue weighted by molar-refractivity contribution is 6.31. The van der Waals surface area contributed by atoms with Crippen molar-refractivity contribution in [2.24, 2.45) is 11.3 Å². The summed E-state index contributed by atoms with van der Waals surface area (Å²) in [7, 11) is 3.42. The number of ketones is 1. The molecule has 2 aromatic rings. The number of halogens is 1. The van der Waals surface area contributed by atoms with Crippen LogP contribution in [-0.4, -0.2) is 26.4 Å². The molecule has 1 atom stereocenters. The van der Waals surface area contributed by atoms with E-state index in [0.29, 0.717) is 17.0 Å². The summed E-state index contributed by atoms with van der Waals surface area (Å²) in [5.41, 5.74) is 3.90. The molecule has 2 aromatic carbocycles. The molecule has 0 aliphatic rings. The molecule has 1 amide bonds. The second-order valence-electron chi connectivity index (χ2n) is 10.9. The first kappa shape index (κ1) is 29.6. The monoisotopic (exact) mass is 512 g/mol. The van der Waals surface area contributed by atoms with Crippen LogP contribution in [0.1, 0.15) is 76.4 Å². The Morgan fingerprint density at radius 3 is 2.28 bits per heavy atom. The number of anilines is 1. The third-order valence-electron chi connectivity index (χ3n) is 6.73. The largest absolute Gasteiger partial charge is 0.496 e. The van der Waals surface area contributed by atoms with Gasteiger partial charge in [-0.2, -0.15) is 0 Å². The number of ether oxygens (including phenoxy) is 1. The molecule has 0 saturated carbocycles. The number of methoxy groups -OCH3 is 1. The lowest BCUT2D eigenvalue weighted by molar-refractivity contribution is -0.107. The molecule has 6 heteroatoms. The third kappa shape index (κ3) is 6.98. The fourth-order valence-corrected chi connectivity index (χ4v) is 4.60. The molecular formula is C30H41ClN2O3. The third-order valence-corrected chi connectivity index (χ3v) is 7.08. The van der Waals surface area contributed by atoms with E-state index < -0.39 is 5.54 Å². The van der Waals surface area contributed by atoms with Gasteiger partial charge < -0.3 is 10.1 Å². The number of benzene rings is 2. The Bertz CT molecular complexity index is 1120. The minimum atomic E-state index is -0.578. The van der Waals surface area contributed by atoms with Crippen molar-refractivity contribution in [3.63, 3.8) is 0 Å². The second-order valence-corrected chi connectivity index (χ2v) is 11.3. The molecule has 36 heavy (non-hydrogen) atoms. The van der Waals surface area contributed by atoms with Crippen molar-refractivity contribution in [2.75, 3.05) is 19.1 Å². The van der Waals surface area contributed by atoms with Gasteiger partial charge in [0.2, 0.25) is 6.41 Å². The molecule has 0 fully saturated rings. The zero-order valence-corrected chi connectivity index (χ0v) is 23.9. The van der Waals surface area contributed by atoms with E-state index in [2.05, 4.69) is 59.0 Å². The van der Waals surface area contributed by atoms with E-state index in [1.54, 1.807) is 18.2 Å². The van der Waals surface area contributed by atoms with Crippen LogP contribution in [0.3, 0.4) is 0 Å². The summed E-state index contributed by atoms with van der Waals surface area (Å²) in [5, 5.41) is 4.22. The topological polar surface area (TPSA) is 58.6 Å². The number of nitrogens with one attached hydrogen (secondary N) is 1. The average Bonchev–Trinajstić information content (AvgIpc) is 2.82. The quantitative estimate of drug-likeness (QED) is 0.256. The maximum Gasteiger partial charge on any atom is 0.218 e. The summed E-state index contributed by atoms with van der Waals surface area (Å²) in [6.07, 6.45) is 4.59. The van der Waals surface area contributed by atoms with Crippen molar-refractivity contribution in [3.8, 4) is 5.75 Å². The molecule has 196 valence electrons. The highest BCUT2D eigenvalue weighted by atomic mass is 35.5. The zero-order valence-electron chi connectivity index (χ0n) is 23.2. The molecule has 0 radical (unpaired) electrons. The number of rotatable bonds is 11. The second kappa shape index (κ2) is 12.1. The SMILES string of the molecule is CN[C@](C)(/C(=C\N(C=O)c1ccc(C(C)=O)c(OC)c1)C(C)C)c1ccc(CCC(C)(C)C)c(Cl)c1. The van der Waals surface area contributed by atoms with Crippen LogP contribution in [0.2, 0.25) is 5.02 Å². The summed E-state index contributed by atoms with van der Waals surface area (Å²) in [4.78, 5) is 25.7. The number of aryl methyl sites for hydroxylation is 1. The lowest BCUT2D eigenvalue weighted by Crippen LogP contribution is -2.41. The van der Waals surface area contributed by atoms with Gasteiger partial charge in [0, 0.05) is 17.3 Å². The van der Waals surface area contributed by atoms with Crippen molar-refractivity contribution in [3.05, 3.63) is 69.9 Å². The van der Waals surface area contributed by atoms with Gasteiger partial charge in [-0.05, 0) is 80.0 Å². The van der Waals surface area contributed by atoms with Gasteiger partial charge >= 0.3 is 0 Å². The fourth-order valence-electron chi connectivity index (χ4n) is 4.33. The van der Waals surface area contributed by atoms with Crippen molar-refractivity contribution in [2.45, 2.75) is 66.8 Å². The molecule has 0 bridgehead atoms. The Kier molecular flexibility index (Phi) is 9.93. The number of likely N-dealkylation sites (N-methyl/N-ethyl adjacent to an activating group) is 1. The van der Waals surface area contributed by atoms with Crippen molar-refractivity contribution in [1.82, 2.24) is 5.32 Å². The van der Waals surface area contributed by atoms with Gasteiger partial charge in [-0.15, -0.1) is 0 Å². The van der Waals surface area contributed by atoms with Crippen LogP contribution in [-0.2, 0) is 16.8 Å². The molecule has 0 unspecified atom stereocenters. The fraction of sp³-hybridized carbons (Fsp3) is 0.467. The molecule has 0 saturated heterocycles. The standard InChI is InChI=1S/C30H41ClN2O3/c1-20(2)26(18-33(19-34)24-12-13-25(21(3)35)28(17-24)36-9)30(7,32-8)23-11-10-22(27(31)16-23)14-15-29(4,5)6/h10-13,16-20,32H,14-15H2,1-9H3/b26-18-/t30-/m0/s1. The van der Waals surface area contributed by atoms with Gasteiger partial charge in [-0.1, -0.05) is 58.4 Å². The van der Waals surface area contributed by atoms with Crippen LogP contribution in [0.15, 0.2) is 48.2 Å². The average molecular weight is 513 g/mol. The van der Waals surface area contributed by atoms with E-state index in [0.717, 1.165) is 41.0 Å². The highest BCUT2D eigenvalue weighted by Crippen LogP contribution is 2.37. The number of carbonyl (C=O) groups excluding carboxylic acids is 2. The van der Waals surface area contributed by atoms with E-state index in [9.17, 15) is 9.59 Å². The van der Waals surface area contributed by atoms with E-state index in [4.69, 9.17) is 16.3 Å². The maximum atomic E-state index is 12.2. The van der Waals surface area contributed by atoms with Gasteiger partial charge in [-0.3, -0.25) is 14.5 Å². The number of Topliss-reactive ketones (excluding diaryl/α,β-unsaturated/α-hetero) is 1. The highest BCUT2D eigenvalue weighted by Gasteiger charge is 2.32. The summed E-state index contributed by atoms with van der Waals surface area (Å²) in [5.74, 6) is 0.447. The minimum Gasteiger partial charge on any atom is -0.496 e. The lowest BCUT2D eigenvalue weighted by atomic mass is 9.78. The Hall–Kier alpha value is -2.63. The summed E-state index contributed by atoms with van der Waals surface area (Å²) < 4.78 is 5.41. The Labute approximate surface area is 221 Å². The number of amides is 1. The smallest absolute Gasteiger partial charge is 0.218 e. The predicted octanol–water partition coefficient (Wildman–Crippen LogP) is 7.17. The van der Waals surface area contributed by atoms with Gasteiger partial charge in [0.15, 0.2) is 5.78 Å². The van der Waals surface area contributed by atoms with Crippen molar-refractivity contribution >= 4 is 29.5 Å². The number of nitrogens with zero attached hydrogens (tertiary/aromatic N) is 1. The first-order valence-electron chi connectivity index (χ1n) is 12.4. The van der Waals surface area contributed by atoms with E-state index in [1.807, 2.05) is 19.3 Å². The molecule has 0 aliphatic heterocycles. The first-order chi connectivity index (χ1) is 16.8. The minimum absolute atomic E-state index is 0.0972. The first-order valence-corrected chi connectivity index (χ1v) is 12.8. The molecule has 2 rings (SSSR count). The molecule has 5 nitrogen and oxygen atoms in total. The van der Waals surface area contributed by atoms with Crippen LogP contribution in [0.4, 0.5) is 5.69 Å². The molecular weight excluding hydrogens is 472 g/mol. The molecule has 0 spiro atoms. The predicted molar refractivity (Wildman–Crippen MR) is 150 cm³/mol. The number of hydrogen-bond acceptors (Lipinski definition) is 4. The Balaban J connectivity index is 2.54. The number of hydrogen-bond donors (Lipinski definition) is 1. The van der Waals surface area contributed by atoms with Crippen LogP contribution in [0.5, 0.6) is 5.75 Å². The summed E-state index contributed by atoms with van der Waals surface area (Å²) in [6.45, 7) is 14.5. The molecule has 0 heterocycles. The summed E-state index contributed by atoms with van der Waals surface area (Å²) in [6, 6.07) is 11.4. The summed E-state index contributed by atoms with van der Waals surface area (Å²) >= 11 is 6.75. The normalized spacial score (nSPS) is 13.9.